The largest absolute Gasteiger partial charge is 0.463 e. The maximum absolute atomic E-state index is 12.6. The zero-order chi connectivity index (χ0) is 12.8. The molecule has 2 aliphatic heterocycles. The van der Waals surface area contributed by atoms with Crippen LogP contribution in [0, 0.1) is 12.8 Å². The zero-order valence-electron chi connectivity index (χ0n) is 9.83. The minimum Gasteiger partial charge on any atom is -0.463 e. The predicted molar refractivity (Wildman–Crippen MR) is 64.5 cm³/mol. The van der Waals surface area contributed by atoms with Crippen LogP contribution in [0.2, 0.25) is 0 Å². The number of ether oxygens (including phenoxy) is 1. The highest BCUT2D eigenvalue weighted by atomic mass is 32.2. The fourth-order valence-corrected chi connectivity index (χ4v) is 3.74. The highest BCUT2D eigenvalue weighted by Crippen LogP contribution is 2.41. The molecule has 94 valence electrons. The summed E-state index contributed by atoms with van der Waals surface area (Å²) in [7, 11) is -1.56. The number of cyclic esters (lactones) is 1. The van der Waals surface area contributed by atoms with Gasteiger partial charge in [-0.2, -0.15) is 10.2 Å². The normalized spacial score (nSPS) is 31.2. The second kappa shape index (κ2) is 3.98. The van der Waals surface area contributed by atoms with Crippen LogP contribution in [0.5, 0.6) is 0 Å². The van der Waals surface area contributed by atoms with Gasteiger partial charge in [0.05, 0.1) is 23.3 Å². The Balaban J connectivity index is 2.03. The third-order valence-electron chi connectivity index (χ3n) is 3.30. The molecule has 2 aliphatic rings. The van der Waals surface area contributed by atoms with Crippen LogP contribution < -0.4 is 0 Å². The van der Waals surface area contributed by atoms with Crippen LogP contribution in [0.4, 0.5) is 0 Å². The molecule has 0 amide bonds. The molecule has 3 atom stereocenters. The van der Waals surface area contributed by atoms with Gasteiger partial charge in [0.25, 0.3) is 4.87 Å². The molecule has 0 bridgehead atoms. The van der Waals surface area contributed by atoms with Crippen molar-refractivity contribution in [3.05, 3.63) is 29.8 Å². The fraction of sp³-hybridized carbons (Fsp3) is 0.417. The summed E-state index contributed by atoms with van der Waals surface area (Å²) in [6.07, 6.45) is 0. The molecule has 1 aromatic carbocycles. The van der Waals surface area contributed by atoms with Crippen molar-refractivity contribution in [1.29, 1.82) is 0 Å². The van der Waals surface area contributed by atoms with Gasteiger partial charge < -0.3 is 4.74 Å². The lowest BCUT2D eigenvalue weighted by atomic mass is 10.1. The Labute approximate surface area is 107 Å². The van der Waals surface area contributed by atoms with Crippen LogP contribution in [-0.2, 0) is 20.3 Å². The molecule has 3 rings (SSSR count). The molecule has 6 heteroatoms. The summed E-state index contributed by atoms with van der Waals surface area (Å²) in [6, 6.07) is 7.25. The molecule has 1 fully saturated rings. The summed E-state index contributed by atoms with van der Waals surface area (Å²) in [5.74, 6) is -0.722. The van der Waals surface area contributed by atoms with Crippen molar-refractivity contribution in [3.63, 3.8) is 0 Å². The van der Waals surface area contributed by atoms with E-state index in [0.717, 1.165) is 5.56 Å². The van der Waals surface area contributed by atoms with E-state index in [1.165, 1.54) is 0 Å². The molecule has 0 N–H and O–H groups in total. The first kappa shape index (κ1) is 11.5. The Hall–Kier alpha value is -1.56. The summed E-state index contributed by atoms with van der Waals surface area (Å²) in [6.45, 7) is 2.61. The second-order valence-corrected chi connectivity index (χ2v) is 6.13. The third kappa shape index (κ3) is 1.45. The van der Waals surface area contributed by atoms with Crippen LogP contribution in [0.1, 0.15) is 5.56 Å². The van der Waals surface area contributed by atoms with Gasteiger partial charge in [-0.05, 0) is 19.1 Å². The lowest BCUT2D eigenvalue weighted by Crippen LogP contribution is -2.41. The van der Waals surface area contributed by atoms with Gasteiger partial charge in [0.2, 0.25) is 0 Å². The molecule has 0 saturated carbocycles. The Morgan fingerprint density at radius 1 is 1.39 bits per heavy atom. The van der Waals surface area contributed by atoms with Crippen LogP contribution in [-0.4, -0.2) is 28.2 Å². The lowest BCUT2D eigenvalue weighted by Gasteiger charge is -2.18. The number of azo groups is 1. The first-order valence-electron chi connectivity index (χ1n) is 5.69. The third-order valence-corrected chi connectivity index (χ3v) is 5.15. The predicted octanol–water partition coefficient (Wildman–Crippen LogP) is 1.44. The smallest absolute Gasteiger partial charge is 0.350 e. The van der Waals surface area contributed by atoms with Gasteiger partial charge >= 0.3 is 5.97 Å². The molecule has 0 aliphatic carbocycles. The Bertz CT molecular complexity index is 555. The second-order valence-electron chi connectivity index (χ2n) is 4.50. The Kier molecular flexibility index (Phi) is 2.55. The Morgan fingerprint density at radius 2 is 2.11 bits per heavy atom. The number of carbonyl (C=O) groups excluding carboxylic acids is 1. The topological polar surface area (TPSA) is 68.1 Å². The molecule has 1 aromatic rings. The van der Waals surface area contributed by atoms with Crippen LogP contribution >= 0.6 is 0 Å². The van der Waals surface area contributed by atoms with Gasteiger partial charge in [0.15, 0.2) is 0 Å². The number of rotatable bonds is 2. The van der Waals surface area contributed by atoms with E-state index in [9.17, 15) is 9.00 Å². The number of carbonyl (C=O) groups is 1. The number of esters is 1. The lowest BCUT2D eigenvalue weighted by molar-refractivity contribution is -0.140. The van der Waals surface area contributed by atoms with Crippen molar-refractivity contribution in [2.45, 2.75) is 16.7 Å². The van der Waals surface area contributed by atoms with E-state index in [4.69, 9.17) is 4.74 Å². The molecular formula is C12H12N2O3S. The van der Waals surface area contributed by atoms with Gasteiger partial charge in [-0.15, -0.1) is 0 Å². The van der Waals surface area contributed by atoms with Crippen LogP contribution in [0.25, 0.3) is 0 Å². The number of benzene rings is 1. The van der Waals surface area contributed by atoms with Crippen LogP contribution in [0.15, 0.2) is 39.4 Å². The van der Waals surface area contributed by atoms with Gasteiger partial charge in [-0.3, -0.25) is 4.21 Å². The summed E-state index contributed by atoms with van der Waals surface area (Å²) < 4.78 is 17.6. The minimum atomic E-state index is -1.56. The maximum atomic E-state index is 12.6. The molecule has 0 radical (unpaired) electrons. The molecule has 1 saturated heterocycles. The molecular weight excluding hydrogens is 252 g/mol. The van der Waals surface area contributed by atoms with E-state index < -0.39 is 21.6 Å². The number of hydrogen-bond donors (Lipinski definition) is 0. The van der Waals surface area contributed by atoms with Crippen molar-refractivity contribution in [2.75, 3.05) is 13.2 Å². The first-order valence-corrected chi connectivity index (χ1v) is 6.84. The van der Waals surface area contributed by atoms with E-state index in [2.05, 4.69) is 10.2 Å². The highest BCUT2D eigenvalue weighted by Gasteiger charge is 2.61. The summed E-state index contributed by atoms with van der Waals surface area (Å²) >= 11 is 0. The minimum absolute atomic E-state index is 0.202. The van der Waals surface area contributed by atoms with Gasteiger partial charge in [0, 0.05) is 4.90 Å². The molecule has 1 unspecified atom stereocenters. The van der Waals surface area contributed by atoms with E-state index >= 15 is 0 Å². The van der Waals surface area contributed by atoms with Gasteiger partial charge in [-0.25, -0.2) is 4.79 Å². The molecule has 2 heterocycles. The van der Waals surface area contributed by atoms with E-state index in [0.29, 0.717) is 11.4 Å². The number of nitrogens with zero attached hydrogens (tertiary/aromatic N) is 2. The SMILES string of the molecule is Cc1ccc(S(=O)[C@@]23N=NC[C@@H]2COC3=O)cc1. The summed E-state index contributed by atoms with van der Waals surface area (Å²) in [4.78, 5) is 11.2. The van der Waals surface area contributed by atoms with Gasteiger partial charge in [-0.1, -0.05) is 17.7 Å². The quantitative estimate of drug-likeness (QED) is 0.759. The zero-order valence-corrected chi connectivity index (χ0v) is 10.6. The van der Waals surface area contributed by atoms with E-state index in [1.807, 2.05) is 19.1 Å². The Morgan fingerprint density at radius 3 is 2.83 bits per heavy atom. The summed E-state index contributed by atoms with van der Waals surface area (Å²) in [5.41, 5.74) is 1.08. The van der Waals surface area contributed by atoms with Gasteiger partial charge in [0.1, 0.15) is 6.61 Å². The van der Waals surface area contributed by atoms with E-state index in [1.54, 1.807) is 12.1 Å². The maximum Gasteiger partial charge on any atom is 0.350 e. The average Bonchev–Trinajstić information content (AvgIpc) is 2.92. The van der Waals surface area contributed by atoms with Crippen molar-refractivity contribution < 1.29 is 13.7 Å². The van der Waals surface area contributed by atoms with E-state index in [-0.39, 0.29) is 12.5 Å². The number of aryl methyl sites for hydroxylation is 1. The molecule has 18 heavy (non-hydrogen) atoms. The average molecular weight is 264 g/mol. The van der Waals surface area contributed by atoms with Crippen molar-refractivity contribution in [3.8, 4) is 0 Å². The van der Waals surface area contributed by atoms with Crippen molar-refractivity contribution in [1.82, 2.24) is 0 Å². The molecule has 5 nitrogen and oxygen atoms in total. The van der Waals surface area contributed by atoms with Crippen LogP contribution in [0.3, 0.4) is 0 Å². The standard InChI is InChI=1S/C12H12N2O3S/c1-8-2-4-10(5-3-8)18(16)12-9(6-13-14-12)7-17-11(12)15/h2-5,9H,6-7H2,1H3/t9-,12+,18?/m1/s1. The highest BCUT2D eigenvalue weighted by molar-refractivity contribution is 7.87. The number of hydrogen-bond acceptors (Lipinski definition) is 5. The monoisotopic (exact) mass is 264 g/mol. The first-order chi connectivity index (χ1) is 8.64. The molecule has 0 spiro atoms. The summed E-state index contributed by atoms with van der Waals surface area (Å²) in [5, 5.41) is 7.84. The van der Waals surface area contributed by atoms with Crippen molar-refractivity contribution in [2.24, 2.45) is 16.1 Å². The molecule has 0 aromatic heterocycles. The van der Waals surface area contributed by atoms with Crippen molar-refractivity contribution >= 4 is 16.8 Å². The number of fused-ring (bicyclic) bond motifs is 1. The fourth-order valence-electron chi connectivity index (χ4n) is 2.21.